The molecular formula is C14H14BrN5O4S. The van der Waals surface area contributed by atoms with E-state index in [9.17, 15) is 14.4 Å². The molecule has 132 valence electrons. The number of hydrogen-bond acceptors (Lipinski definition) is 7. The van der Waals surface area contributed by atoms with Crippen LogP contribution in [0.3, 0.4) is 0 Å². The van der Waals surface area contributed by atoms with Crippen molar-refractivity contribution in [2.24, 2.45) is 5.10 Å². The molecule has 0 atom stereocenters. The molecule has 1 heterocycles. The summed E-state index contributed by atoms with van der Waals surface area (Å²) in [6.45, 7) is 2.38. The third kappa shape index (κ3) is 5.87. The number of amides is 1. The Morgan fingerprint density at radius 3 is 3.00 bits per heavy atom. The number of ether oxygens (including phenoxy) is 1. The molecule has 1 aromatic heterocycles. The highest BCUT2D eigenvalue weighted by Crippen LogP contribution is 2.21. The highest BCUT2D eigenvalue weighted by Gasteiger charge is 2.07. The Kier molecular flexibility index (Phi) is 6.95. The van der Waals surface area contributed by atoms with Crippen molar-refractivity contribution >= 4 is 39.8 Å². The van der Waals surface area contributed by atoms with Crippen LogP contribution in [-0.4, -0.2) is 39.7 Å². The van der Waals surface area contributed by atoms with E-state index in [1.807, 2.05) is 18.0 Å². The predicted octanol–water partition coefficient (Wildman–Crippen LogP) is 0.862. The smallest absolute Gasteiger partial charge is 0.342 e. The average molecular weight is 428 g/mol. The van der Waals surface area contributed by atoms with Crippen LogP contribution in [0.1, 0.15) is 12.5 Å². The minimum Gasteiger partial charge on any atom is -0.493 e. The van der Waals surface area contributed by atoms with E-state index in [0.717, 1.165) is 16.2 Å². The fraction of sp³-hybridized carbons (Fsp3) is 0.214. The second kappa shape index (κ2) is 9.18. The lowest BCUT2D eigenvalue weighted by molar-refractivity contribution is -0.118. The van der Waals surface area contributed by atoms with Crippen molar-refractivity contribution in [2.75, 3.05) is 12.4 Å². The maximum Gasteiger partial charge on any atom is 0.342 e. The number of halogens is 1. The van der Waals surface area contributed by atoms with Crippen LogP contribution in [0.15, 0.2) is 42.4 Å². The molecule has 0 fully saturated rings. The summed E-state index contributed by atoms with van der Waals surface area (Å²) in [7, 11) is 0. The Balaban J connectivity index is 1.93. The average Bonchev–Trinajstić information content (AvgIpc) is 2.56. The minimum absolute atomic E-state index is 0.00986. The van der Waals surface area contributed by atoms with E-state index in [4.69, 9.17) is 4.74 Å². The normalized spacial score (nSPS) is 10.8. The number of hydrogen-bond donors (Lipinski definition) is 3. The van der Waals surface area contributed by atoms with Gasteiger partial charge in [0.25, 0.3) is 5.56 Å². The number of nitrogens with one attached hydrogen (secondary N) is 3. The van der Waals surface area contributed by atoms with E-state index in [1.54, 1.807) is 12.1 Å². The van der Waals surface area contributed by atoms with Gasteiger partial charge in [0, 0.05) is 10.0 Å². The van der Waals surface area contributed by atoms with Gasteiger partial charge in [-0.25, -0.2) is 15.3 Å². The molecule has 0 aliphatic carbocycles. The summed E-state index contributed by atoms with van der Waals surface area (Å²) in [5, 5.41) is 9.51. The number of thioether (sulfide) groups is 1. The van der Waals surface area contributed by atoms with Crippen LogP contribution in [0.2, 0.25) is 0 Å². The number of carbonyl (C=O) groups is 1. The van der Waals surface area contributed by atoms with Crippen molar-refractivity contribution in [3.05, 3.63) is 49.1 Å². The number of carbonyl (C=O) groups excluding carboxylic acids is 1. The topological polar surface area (TPSA) is 129 Å². The summed E-state index contributed by atoms with van der Waals surface area (Å²) in [5.41, 5.74) is 1.69. The Morgan fingerprint density at radius 2 is 2.28 bits per heavy atom. The van der Waals surface area contributed by atoms with Crippen LogP contribution in [0, 0.1) is 0 Å². The van der Waals surface area contributed by atoms with Gasteiger partial charge in [-0.05, 0) is 25.1 Å². The van der Waals surface area contributed by atoms with Gasteiger partial charge < -0.3 is 4.74 Å². The first kappa shape index (κ1) is 18.9. The van der Waals surface area contributed by atoms with E-state index >= 15 is 0 Å². The summed E-state index contributed by atoms with van der Waals surface area (Å²) in [5.74, 6) is 0.125. The summed E-state index contributed by atoms with van der Waals surface area (Å²) in [6.07, 6.45) is 1.46. The lowest BCUT2D eigenvalue weighted by Crippen LogP contribution is -2.26. The number of H-pyrrole nitrogens is 2. The molecular weight excluding hydrogens is 414 g/mol. The van der Waals surface area contributed by atoms with Gasteiger partial charge in [-0.2, -0.15) is 10.2 Å². The summed E-state index contributed by atoms with van der Waals surface area (Å²) < 4.78 is 6.32. The van der Waals surface area contributed by atoms with Crippen LogP contribution >= 0.6 is 27.7 Å². The molecule has 3 N–H and O–H groups in total. The molecule has 2 aromatic rings. The Bertz CT molecular complexity index is 895. The SMILES string of the molecule is CCOc1ccc(Br)cc1/C=N/NC(=O)CSc1n[nH]c(=O)[nH]c1=O. The fourth-order valence-electron chi connectivity index (χ4n) is 1.68. The highest BCUT2D eigenvalue weighted by atomic mass is 79.9. The van der Waals surface area contributed by atoms with Crippen LogP contribution in [0.4, 0.5) is 0 Å². The molecule has 1 aromatic carbocycles. The molecule has 25 heavy (non-hydrogen) atoms. The largest absolute Gasteiger partial charge is 0.493 e. The summed E-state index contributed by atoms with van der Waals surface area (Å²) >= 11 is 4.24. The first-order valence-electron chi connectivity index (χ1n) is 7.05. The second-order valence-electron chi connectivity index (χ2n) is 4.51. The van der Waals surface area contributed by atoms with Crippen molar-refractivity contribution in [1.29, 1.82) is 0 Å². The Hall–Kier alpha value is -2.40. The lowest BCUT2D eigenvalue weighted by Gasteiger charge is -2.07. The van der Waals surface area contributed by atoms with E-state index in [0.29, 0.717) is 17.9 Å². The first-order valence-corrected chi connectivity index (χ1v) is 8.83. The number of hydrazone groups is 1. The molecule has 0 spiro atoms. The van der Waals surface area contributed by atoms with E-state index < -0.39 is 17.2 Å². The van der Waals surface area contributed by atoms with Crippen LogP contribution in [-0.2, 0) is 4.79 Å². The Morgan fingerprint density at radius 1 is 1.48 bits per heavy atom. The maximum atomic E-state index is 11.8. The molecule has 0 aliphatic heterocycles. The van der Waals surface area contributed by atoms with E-state index in [2.05, 4.69) is 36.7 Å². The minimum atomic E-state index is -0.706. The lowest BCUT2D eigenvalue weighted by atomic mass is 10.2. The predicted molar refractivity (Wildman–Crippen MR) is 97.3 cm³/mol. The number of aromatic nitrogens is 3. The van der Waals surface area contributed by atoms with Crippen molar-refractivity contribution in [3.8, 4) is 5.75 Å². The first-order chi connectivity index (χ1) is 12.0. The third-order valence-electron chi connectivity index (χ3n) is 2.68. The van der Waals surface area contributed by atoms with Gasteiger partial charge in [0.1, 0.15) is 5.75 Å². The quantitative estimate of drug-likeness (QED) is 0.341. The van der Waals surface area contributed by atoms with E-state index in [-0.39, 0.29) is 10.8 Å². The van der Waals surface area contributed by atoms with Crippen LogP contribution in [0.5, 0.6) is 5.75 Å². The maximum absolute atomic E-state index is 11.8. The van der Waals surface area contributed by atoms with Gasteiger partial charge in [0.2, 0.25) is 5.91 Å². The highest BCUT2D eigenvalue weighted by molar-refractivity contribution is 9.10. The molecule has 2 rings (SSSR count). The van der Waals surface area contributed by atoms with Gasteiger partial charge in [-0.3, -0.25) is 14.6 Å². The number of rotatable bonds is 7. The van der Waals surface area contributed by atoms with Crippen molar-refractivity contribution in [1.82, 2.24) is 20.6 Å². The second-order valence-corrected chi connectivity index (χ2v) is 6.39. The molecule has 1 amide bonds. The van der Waals surface area contributed by atoms with Gasteiger partial charge in [0.05, 0.1) is 18.6 Å². The van der Waals surface area contributed by atoms with E-state index in [1.165, 1.54) is 6.21 Å². The zero-order valence-electron chi connectivity index (χ0n) is 13.0. The fourth-order valence-corrected chi connectivity index (χ4v) is 2.69. The van der Waals surface area contributed by atoms with Crippen molar-refractivity contribution in [2.45, 2.75) is 11.9 Å². The molecule has 11 heteroatoms. The van der Waals surface area contributed by atoms with Crippen molar-refractivity contribution < 1.29 is 9.53 Å². The standard InChI is InChI=1S/C14H14BrN5O4S/c1-2-24-10-4-3-9(15)5-8(10)6-16-18-11(21)7-25-13-12(22)17-14(23)20-19-13/h3-6H,2,7H2,1H3,(H,18,21)(H2,17,20,22,23)/b16-6+. The number of aromatic amines is 2. The molecule has 0 saturated carbocycles. The number of benzene rings is 1. The van der Waals surface area contributed by atoms with Gasteiger partial charge >= 0.3 is 5.69 Å². The molecule has 0 saturated heterocycles. The van der Waals surface area contributed by atoms with Crippen LogP contribution in [0.25, 0.3) is 0 Å². The van der Waals surface area contributed by atoms with Crippen molar-refractivity contribution in [3.63, 3.8) is 0 Å². The summed E-state index contributed by atoms with van der Waals surface area (Å²) in [6, 6.07) is 5.44. The van der Waals surface area contributed by atoms with Gasteiger partial charge in [-0.15, -0.1) is 0 Å². The number of nitrogens with zero attached hydrogens (tertiary/aromatic N) is 2. The molecule has 0 unspecified atom stereocenters. The van der Waals surface area contributed by atoms with Gasteiger partial charge in [0.15, 0.2) is 5.03 Å². The molecule has 0 bridgehead atoms. The molecule has 0 aliphatic rings. The molecule has 0 radical (unpaired) electrons. The van der Waals surface area contributed by atoms with Crippen LogP contribution < -0.4 is 21.4 Å². The summed E-state index contributed by atoms with van der Waals surface area (Å²) in [4.78, 5) is 36.1. The zero-order valence-corrected chi connectivity index (χ0v) is 15.4. The molecule has 9 nitrogen and oxygen atoms in total. The zero-order chi connectivity index (χ0) is 18.2. The monoisotopic (exact) mass is 427 g/mol. The third-order valence-corrected chi connectivity index (χ3v) is 4.13. The Labute approximate surface area is 154 Å². The van der Waals surface area contributed by atoms with Gasteiger partial charge in [-0.1, -0.05) is 27.7 Å².